The van der Waals surface area contributed by atoms with Crippen LogP contribution in [0.4, 0.5) is 0 Å². The van der Waals surface area contributed by atoms with Gasteiger partial charge in [0.25, 0.3) is 0 Å². The van der Waals surface area contributed by atoms with E-state index in [4.69, 9.17) is 10.5 Å². The molecule has 0 aliphatic heterocycles. The van der Waals surface area contributed by atoms with Crippen LogP contribution >= 0.6 is 0 Å². The van der Waals surface area contributed by atoms with E-state index in [0.29, 0.717) is 12.6 Å². The van der Waals surface area contributed by atoms with E-state index < -0.39 is 0 Å². The van der Waals surface area contributed by atoms with Gasteiger partial charge in [-0.25, -0.2) is 0 Å². The van der Waals surface area contributed by atoms with Crippen molar-refractivity contribution in [3.63, 3.8) is 0 Å². The Balaban J connectivity index is 2.08. The molecular weight excluding hydrogens is 262 g/mol. The second-order valence-electron chi connectivity index (χ2n) is 5.66. The van der Waals surface area contributed by atoms with Crippen LogP contribution in [0.25, 0.3) is 0 Å². The molecule has 2 atom stereocenters. The maximum Gasteiger partial charge on any atom is 0.132 e. The zero-order valence-corrected chi connectivity index (χ0v) is 13.3. The molecule has 2 rings (SSSR count). The van der Waals surface area contributed by atoms with Crippen LogP contribution in [0, 0.1) is 6.92 Å². The SMILES string of the molecule is CCC(C)n1ccc(COc2ccc(C)cc2C(C)N)n1. The van der Waals surface area contributed by atoms with E-state index in [1.165, 1.54) is 5.56 Å². The molecule has 2 aromatic rings. The molecule has 0 radical (unpaired) electrons. The van der Waals surface area contributed by atoms with Crippen molar-refractivity contribution < 1.29 is 4.74 Å². The maximum absolute atomic E-state index is 6.01. The number of hydrogen-bond donors (Lipinski definition) is 1. The van der Waals surface area contributed by atoms with Gasteiger partial charge in [-0.05, 0) is 39.3 Å². The molecule has 1 heterocycles. The van der Waals surface area contributed by atoms with Crippen molar-refractivity contribution in [1.82, 2.24) is 9.78 Å². The summed E-state index contributed by atoms with van der Waals surface area (Å²) in [7, 11) is 0. The number of ether oxygens (including phenoxy) is 1. The molecule has 0 saturated heterocycles. The number of aryl methyl sites for hydroxylation is 1. The van der Waals surface area contributed by atoms with Gasteiger partial charge in [-0.15, -0.1) is 0 Å². The number of nitrogens with two attached hydrogens (primary N) is 1. The first-order valence-corrected chi connectivity index (χ1v) is 7.54. The summed E-state index contributed by atoms with van der Waals surface area (Å²) in [5.74, 6) is 0.841. The van der Waals surface area contributed by atoms with E-state index in [2.05, 4.69) is 31.9 Å². The van der Waals surface area contributed by atoms with Crippen molar-refractivity contribution >= 4 is 0 Å². The molecule has 4 nitrogen and oxygen atoms in total. The maximum atomic E-state index is 6.01. The lowest BCUT2D eigenvalue weighted by atomic mass is 10.1. The molecule has 0 amide bonds. The summed E-state index contributed by atoms with van der Waals surface area (Å²) in [6.45, 7) is 8.81. The average molecular weight is 287 g/mol. The number of benzene rings is 1. The Labute approximate surface area is 126 Å². The Morgan fingerprint density at radius 3 is 2.71 bits per heavy atom. The molecule has 114 valence electrons. The summed E-state index contributed by atoms with van der Waals surface area (Å²) < 4.78 is 7.90. The molecular formula is C17H25N3O. The highest BCUT2D eigenvalue weighted by molar-refractivity contribution is 5.38. The van der Waals surface area contributed by atoms with Crippen LogP contribution in [0.5, 0.6) is 5.75 Å². The molecule has 1 aromatic heterocycles. The van der Waals surface area contributed by atoms with Crippen molar-refractivity contribution in [2.24, 2.45) is 5.73 Å². The van der Waals surface area contributed by atoms with Crippen molar-refractivity contribution in [2.45, 2.75) is 52.8 Å². The molecule has 0 spiro atoms. The average Bonchev–Trinajstić information content (AvgIpc) is 2.93. The second kappa shape index (κ2) is 6.76. The minimum Gasteiger partial charge on any atom is -0.487 e. The first-order valence-electron chi connectivity index (χ1n) is 7.54. The van der Waals surface area contributed by atoms with E-state index >= 15 is 0 Å². The van der Waals surface area contributed by atoms with Crippen LogP contribution in [-0.4, -0.2) is 9.78 Å². The van der Waals surface area contributed by atoms with Gasteiger partial charge in [0.15, 0.2) is 0 Å². The van der Waals surface area contributed by atoms with Gasteiger partial charge in [0.05, 0.1) is 5.69 Å². The minimum atomic E-state index is -0.0439. The minimum absolute atomic E-state index is 0.0439. The zero-order valence-electron chi connectivity index (χ0n) is 13.3. The second-order valence-corrected chi connectivity index (χ2v) is 5.66. The fourth-order valence-corrected chi connectivity index (χ4v) is 2.19. The molecule has 4 heteroatoms. The predicted molar refractivity (Wildman–Crippen MR) is 85.3 cm³/mol. The molecule has 21 heavy (non-hydrogen) atoms. The standard InChI is InChI=1S/C17H25N3O/c1-5-13(3)20-9-8-15(19-20)11-21-17-7-6-12(2)10-16(17)14(4)18/h6-10,13-14H,5,11,18H2,1-4H3. The van der Waals surface area contributed by atoms with Gasteiger partial charge in [-0.2, -0.15) is 5.10 Å². The zero-order chi connectivity index (χ0) is 15.4. The molecule has 1 aromatic carbocycles. The summed E-state index contributed by atoms with van der Waals surface area (Å²) in [5.41, 5.74) is 9.18. The molecule has 2 unspecified atom stereocenters. The van der Waals surface area contributed by atoms with Gasteiger partial charge in [0.2, 0.25) is 0 Å². The fraction of sp³-hybridized carbons (Fsp3) is 0.471. The first-order chi connectivity index (χ1) is 10.0. The summed E-state index contributed by atoms with van der Waals surface area (Å²) in [4.78, 5) is 0. The van der Waals surface area contributed by atoms with Gasteiger partial charge in [-0.1, -0.05) is 24.6 Å². The third-order valence-electron chi connectivity index (χ3n) is 3.74. The summed E-state index contributed by atoms with van der Waals surface area (Å²) >= 11 is 0. The monoisotopic (exact) mass is 287 g/mol. The molecule has 0 aliphatic carbocycles. The highest BCUT2D eigenvalue weighted by Gasteiger charge is 2.10. The number of hydrogen-bond acceptors (Lipinski definition) is 3. The normalized spacial score (nSPS) is 14.0. The first kappa shape index (κ1) is 15.6. The van der Waals surface area contributed by atoms with Gasteiger partial charge >= 0.3 is 0 Å². The van der Waals surface area contributed by atoms with E-state index in [0.717, 1.165) is 23.4 Å². The van der Waals surface area contributed by atoms with Crippen molar-refractivity contribution in [3.8, 4) is 5.75 Å². The summed E-state index contributed by atoms with van der Waals surface area (Å²) in [6.07, 6.45) is 3.07. The van der Waals surface area contributed by atoms with Crippen LogP contribution in [-0.2, 0) is 6.61 Å². The van der Waals surface area contributed by atoms with E-state index in [1.54, 1.807) is 0 Å². The predicted octanol–water partition coefficient (Wildman–Crippen LogP) is 3.76. The Hall–Kier alpha value is -1.81. The largest absolute Gasteiger partial charge is 0.487 e. The number of aromatic nitrogens is 2. The van der Waals surface area contributed by atoms with E-state index in [-0.39, 0.29) is 6.04 Å². The Kier molecular flexibility index (Phi) is 5.02. The van der Waals surface area contributed by atoms with Crippen LogP contribution in [0.15, 0.2) is 30.5 Å². The van der Waals surface area contributed by atoms with Crippen molar-refractivity contribution in [3.05, 3.63) is 47.3 Å². The van der Waals surface area contributed by atoms with Crippen LogP contribution in [0.3, 0.4) is 0 Å². The van der Waals surface area contributed by atoms with Crippen LogP contribution in [0.1, 0.15) is 56.1 Å². The highest BCUT2D eigenvalue weighted by atomic mass is 16.5. The third kappa shape index (κ3) is 3.85. The van der Waals surface area contributed by atoms with Crippen LogP contribution < -0.4 is 10.5 Å². The van der Waals surface area contributed by atoms with Crippen molar-refractivity contribution in [1.29, 1.82) is 0 Å². The lowest BCUT2D eigenvalue weighted by Gasteiger charge is -2.14. The molecule has 2 N–H and O–H groups in total. The van der Waals surface area contributed by atoms with E-state index in [9.17, 15) is 0 Å². The molecule has 0 saturated carbocycles. The van der Waals surface area contributed by atoms with E-state index in [1.807, 2.05) is 36.0 Å². The van der Waals surface area contributed by atoms with Crippen LogP contribution in [0.2, 0.25) is 0 Å². The van der Waals surface area contributed by atoms with Gasteiger partial charge in [-0.3, -0.25) is 4.68 Å². The topological polar surface area (TPSA) is 53.1 Å². The lowest BCUT2D eigenvalue weighted by Crippen LogP contribution is -2.09. The fourth-order valence-electron chi connectivity index (χ4n) is 2.19. The Bertz CT molecular complexity index is 589. The Morgan fingerprint density at radius 1 is 1.29 bits per heavy atom. The highest BCUT2D eigenvalue weighted by Crippen LogP contribution is 2.25. The lowest BCUT2D eigenvalue weighted by molar-refractivity contribution is 0.293. The summed E-state index contributed by atoms with van der Waals surface area (Å²) in [6, 6.07) is 8.48. The van der Waals surface area contributed by atoms with Crippen molar-refractivity contribution in [2.75, 3.05) is 0 Å². The smallest absolute Gasteiger partial charge is 0.132 e. The quantitative estimate of drug-likeness (QED) is 0.880. The number of rotatable bonds is 6. The molecule has 0 bridgehead atoms. The third-order valence-corrected chi connectivity index (χ3v) is 3.74. The summed E-state index contributed by atoms with van der Waals surface area (Å²) in [5, 5.41) is 4.55. The van der Waals surface area contributed by atoms with Gasteiger partial charge in [0.1, 0.15) is 12.4 Å². The number of nitrogens with zero attached hydrogens (tertiary/aromatic N) is 2. The molecule has 0 aliphatic rings. The van der Waals surface area contributed by atoms with Gasteiger partial charge in [0, 0.05) is 23.8 Å². The molecule has 0 fully saturated rings. The Morgan fingerprint density at radius 2 is 2.05 bits per heavy atom. The van der Waals surface area contributed by atoms with Gasteiger partial charge < -0.3 is 10.5 Å².